The van der Waals surface area contributed by atoms with E-state index in [2.05, 4.69) is 20.4 Å². The number of fused-ring (bicyclic) bond motifs is 1. The third kappa shape index (κ3) is 3.54. The number of hydrogen-bond acceptors (Lipinski definition) is 6. The van der Waals surface area contributed by atoms with Crippen molar-refractivity contribution >= 4 is 11.6 Å². The van der Waals surface area contributed by atoms with Crippen LogP contribution in [0.3, 0.4) is 0 Å². The highest BCUT2D eigenvalue weighted by Gasteiger charge is 2.27. The summed E-state index contributed by atoms with van der Waals surface area (Å²) in [7, 11) is 0. The first-order valence-corrected chi connectivity index (χ1v) is 10.6. The summed E-state index contributed by atoms with van der Waals surface area (Å²) in [5.74, 6) is 0.0594. The van der Waals surface area contributed by atoms with E-state index in [0.29, 0.717) is 23.3 Å². The van der Waals surface area contributed by atoms with E-state index in [-0.39, 0.29) is 25.1 Å². The van der Waals surface area contributed by atoms with E-state index in [0.717, 1.165) is 22.5 Å². The van der Waals surface area contributed by atoms with E-state index in [9.17, 15) is 9.18 Å². The summed E-state index contributed by atoms with van der Waals surface area (Å²) in [6.45, 7) is 4.39. The number of alkyl halides is 1. The lowest BCUT2D eigenvalue weighted by atomic mass is 9.99. The maximum atomic E-state index is 13.6. The third-order valence-corrected chi connectivity index (χ3v) is 5.73. The standard InChI is InChI=1S/C23H24FN7O/c1-13-8-16(9-14(2)27-13)19-20(15-6-4-3-5-7-15)28-22(25)31-21(19)29-30(23(31)32)12-18-10-17(24)11-26-18/h3-9,17-18,26H,10-12H2,1-2H3,(H2,25,28)/t17-,18+/m0/s1. The number of rotatable bonds is 4. The summed E-state index contributed by atoms with van der Waals surface area (Å²) >= 11 is 0. The number of nitrogen functional groups attached to an aromatic ring is 1. The largest absolute Gasteiger partial charge is 0.369 e. The van der Waals surface area contributed by atoms with E-state index >= 15 is 0 Å². The smallest absolute Gasteiger partial charge is 0.353 e. The van der Waals surface area contributed by atoms with Gasteiger partial charge in [-0.05, 0) is 38.0 Å². The molecule has 0 unspecified atom stereocenters. The Kier molecular flexibility index (Phi) is 4.97. The Hall–Kier alpha value is -3.59. The highest BCUT2D eigenvalue weighted by atomic mass is 19.1. The van der Waals surface area contributed by atoms with Crippen LogP contribution in [0.25, 0.3) is 28.0 Å². The number of hydrogen-bond donors (Lipinski definition) is 2. The van der Waals surface area contributed by atoms with Gasteiger partial charge in [-0.2, -0.15) is 0 Å². The van der Waals surface area contributed by atoms with Crippen LogP contribution in [0.4, 0.5) is 10.3 Å². The number of nitrogens with zero attached hydrogens (tertiary/aromatic N) is 5. The summed E-state index contributed by atoms with van der Waals surface area (Å²) in [5.41, 5.74) is 11.0. The van der Waals surface area contributed by atoms with Gasteiger partial charge in [0.15, 0.2) is 5.65 Å². The van der Waals surface area contributed by atoms with Crippen LogP contribution < -0.4 is 16.7 Å². The van der Waals surface area contributed by atoms with Crippen molar-refractivity contribution in [3.63, 3.8) is 0 Å². The summed E-state index contributed by atoms with van der Waals surface area (Å²) in [6, 6.07) is 13.4. The highest BCUT2D eigenvalue weighted by Crippen LogP contribution is 2.34. The number of anilines is 1. The van der Waals surface area contributed by atoms with Crippen LogP contribution in [0.15, 0.2) is 47.3 Å². The first kappa shape index (κ1) is 20.3. The fraction of sp³-hybridized carbons (Fsp3) is 0.304. The molecule has 3 aromatic heterocycles. The van der Waals surface area contributed by atoms with Crippen molar-refractivity contribution in [3.05, 3.63) is 64.3 Å². The van der Waals surface area contributed by atoms with Crippen molar-refractivity contribution in [1.82, 2.24) is 29.5 Å². The van der Waals surface area contributed by atoms with E-state index in [1.54, 1.807) is 0 Å². The number of aryl methyl sites for hydroxylation is 2. The monoisotopic (exact) mass is 433 g/mol. The van der Waals surface area contributed by atoms with Gasteiger partial charge in [0.05, 0.1) is 17.8 Å². The number of aromatic nitrogens is 5. The van der Waals surface area contributed by atoms with Crippen LogP contribution in [0, 0.1) is 13.8 Å². The second-order valence-electron chi connectivity index (χ2n) is 8.26. The molecule has 0 amide bonds. The van der Waals surface area contributed by atoms with Gasteiger partial charge in [-0.15, -0.1) is 5.10 Å². The molecule has 1 saturated heterocycles. The van der Waals surface area contributed by atoms with E-state index < -0.39 is 11.9 Å². The fourth-order valence-corrected chi connectivity index (χ4v) is 4.39. The number of nitrogens with two attached hydrogens (primary N) is 1. The normalized spacial score (nSPS) is 18.5. The van der Waals surface area contributed by atoms with Gasteiger partial charge < -0.3 is 11.1 Å². The van der Waals surface area contributed by atoms with Crippen LogP contribution in [0.1, 0.15) is 17.8 Å². The maximum absolute atomic E-state index is 13.6. The average molecular weight is 433 g/mol. The number of benzene rings is 1. The molecule has 8 nitrogen and oxygen atoms in total. The molecule has 0 aliphatic carbocycles. The number of halogens is 1. The molecule has 1 aliphatic rings. The van der Waals surface area contributed by atoms with Gasteiger partial charge in [0.25, 0.3) is 0 Å². The molecule has 0 spiro atoms. The summed E-state index contributed by atoms with van der Waals surface area (Å²) < 4.78 is 16.3. The molecular weight excluding hydrogens is 409 g/mol. The van der Waals surface area contributed by atoms with Crippen molar-refractivity contribution in [3.8, 4) is 22.4 Å². The topological polar surface area (TPSA) is 103 Å². The molecule has 3 N–H and O–H groups in total. The van der Waals surface area contributed by atoms with Crippen LogP contribution in [-0.4, -0.2) is 42.9 Å². The molecule has 0 saturated carbocycles. The molecule has 164 valence electrons. The molecule has 9 heteroatoms. The first-order valence-electron chi connectivity index (χ1n) is 10.6. The lowest BCUT2D eigenvalue weighted by Gasteiger charge is -2.13. The van der Waals surface area contributed by atoms with Crippen LogP contribution >= 0.6 is 0 Å². The van der Waals surface area contributed by atoms with Crippen LogP contribution in [-0.2, 0) is 6.54 Å². The van der Waals surface area contributed by atoms with Crippen LogP contribution in [0.2, 0.25) is 0 Å². The van der Waals surface area contributed by atoms with Gasteiger partial charge in [0.2, 0.25) is 5.95 Å². The second kappa shape index (κ2) is 7.83. The molecule has 1 fully saturated rings. The zero-order valence-corrected chi connectivity index (χ0v) is 17.9. The Labute approximate surface area is 183 Å². The summed E-state index contributed by atoms with van der Waals surface area (Å²) in [5, 5.41) is 7.75. The Morgan fingerprint density at radius 1 is 1.12 bits per heavy atom. The first-order chi connectivity index (χ1) is 15.4. The molecule has 5 rings (SSSR count). The molecule has 1 aromatic carbocycles. The van der Waals surface area contributed by atoms with Gasteiger partial charge in [0, 0.05) is 29.5 Å². The van der Waals surface area contributed by atoms with Gasteiger partial charge in [-0.3, -0.25) is 4.98 Å². The van der Waals surface area contributed by atoms with Gasteiger partial charge in [-0.1, -0.05) is 30.3 Å². The lowest BCUT2D eigenvalue weighted by molar-refractivity contribution is 0.349. The number of pyridine rings is 1. The van der Waals surface area contributed by atoms with Crippen molar-refractivity contribution in [1.29, 1.82) is 0 Å². The Bertz CT molecular complexity index is 1340. The van der Waals surface area contributed by atoms with Crippen molar-refractivity contribution < 1.29 is 4.39 Å². The lowest BCUT2D eigenvalue weighted by Crippen LogP contribution is -2.33. The molecule has 4 aromatic rings. The van der Waals surface area contributed by atoms with Gasteiger partial charge in [0.1, 0.15) is 6.17 Å². The van der Waals surface area contributed by atoms with E-state index in [1.807, 2.05) is 56.3 Å². The minimum absolute atomic E-state index is 0.0594. The maximum Gasteiger partial charge on any atom is 0.353 e. The van der Waals surface area contributed by atoms with Gasteiger partial charge >= 0.3 is 5.69 Å². The molecular formula is C23H24FN7O. The average Bonchev–Trinajstić information content (AvgIpc) is 3.31. The van der Waals surface area contributed by atoms with Crippen molar-refractivity contribution in [2.45, 2.75) is 39.0 Å². The second-order valence-corrected chi connectivity index (χ2v) is 8.26. The molecule has 32 heavy (non-hydrogen) atoms. The van der Waals surface area contributed by atoms with E-state index in [4.69, 9.17) is 5.73 Å². The van der Waals surface area contributed by atoms with Crippen LogP contribution in [0.5, 0.6) is 0 Å². The van der Waals surface area contributed by atoms with Gasteiger partial charge in [-0.25, -0.2) is 23.3 Å². The molecule has 0 bridgehead atoms. The SMILES string of the molecule is Cc1cc(-c2c(-c3ccccc3)nc(N)n3c(=O)n(C[C@H]4C[C@H](F)CN4)nc23)cc(C)n1. The predicted octanol–water partition coefficient (Wildman–Crippen LogP) is 2.52. The summed E-state index contributed by atoms with van der Waals surface area (Å²) in [4.78, 5) is 22.3. The van der Waals surface area contributed by atoms with E-state index in [1.165, 1.54) is 9.08 Å². The molecule has 1 aliphatic heterocycles. The Morgan fingerprint density at radius 2 is 1.84 bits per heavy atom. The number of nitrogens with one attached hydrogen (secondary N) is 1. The quantitative estimate of drug-likeness (QED) is 0.513. The Morgan fingerprint density at radius 3 is 2.50 bits per heavy atom. The zero-order chi connectivity index (χ0) is 22.4. The molecule has 0 radical (unpaired) electrons. The van der Waals surface area contributed by atoms with Crippen molar-refractivity contribution in [2.75, 3.05) is 12.3 Å². The predicted molar refractivity (Wildman–Crippen MR) is 121 cm³/mol. The Balaban J connectivity index is 1.78. The third-order valence-electron chi connectivity index (χ3n) is 5.73. The van der Waals surface area contributed by atoms with Crippen molar-refractivity contribution in [2.24, 2.45) is 0 Å². The molecule has 4 heterocycles. The highest BCUT2D eigenvalue weighted by molar-refractivity contribution is 5.90. The summed E-state index contributed by atoms with van der Waals surface area (Å²) in [6.07, 6.45) is -0.568. The minimum Gasteiger partial charge on any atom is -0.369 e. The molecule has 2 atom stereocenters. The fourth-order valence-electron chi connectivity index (χ4n) is 4.39. The minimum atomic E-state index is -0.914. The zero-order valence-electron chi connectivity index (χ0n) is 17.9.